The second kappa shape index (κ2) is 5.52. The molecular weight excluding hydrogens is 236 g/mol. The molecule has 4 heteroatoms. The van der Waals surface area contributed by atoms with Crippen molar-refractivity contribution in [1.82, 2.24) is 4.90 Å². The Balaban J connectivity index is 1.82. The molecule has 0 saturated carbocycles. The van der Waals surface area contributed by atoms with Gasteiger partial charge in [0.1, 0.15) is 0 Å². The summed E-state index contributed by atoms with van der Waals surface area (Å²) in [6.07, 6.45) is 2.24. The first-order valence-corrected chi connectivity index (χ1v) is 6.31. The van der Waals surface area contributed by atoms with E-state index in [9.17, 15) is 4.79 Å². The highest BCUT2D eigenvalue weighted by atomic mass is 35.5. The van der Waals surface area contributed by atoms with Crippen LogP contribution in [0.3, 0.4) is 0 Å². The van der Waals surface area contributed by atoms with E-state index in [-0.39, 0.29) is 11.9 Å². The zero-order valence-electron chi connectivity index (χ0n) is 9.73. The molecule has 0 unspecified atom stereocenters. The van der Waals surface area contributed by atoms with E-state index in [1.54, 1.807) is 0 Å². The van der Waals surface area contributed by atoms with Crippen molar-refractivity contribution in [2.24, 2.45) is 5.73 Å². The molecule has 1 atom stereocenters. The van der Waals surface area contributed by atoms with Gasteiger partial charge in [-0.25, -0.2) is 0 Å². The smallest absolute Gasteiger partial charge is 0.222 e. The van der Waals surface area contributed by atoms with Gasteiger partial charge in [0.2, 0.25) is 5.91 Å². The summed E-state index contributed by atoms with van der Waals surface area (Å²) in [5, 5.41) is 0.727. The predicted molar refractivity (Wildman–Crippen MR) is 68.9 cm³/mol. The first-order chi connectivity index (χ1) is 8.15. The Morgan fingerprint density at radius 3 is 2.71 bits per heavy atom. The predicted octanol–water partition coefficient (Wildman–Crippen LogP) is 1.83. The number of halogens is 1. The van der Waals surface area contributed by atoms with Gasteiger partial charge in [0, 0.05) is 30.6 Å². The summed E-state index contributed by atoms with van der Waals surface area (Å²) < 4.78 is 0. The standard InChI is InChI=1S/C13H17ClN2O/c14-11-4-1-10(2-5-11)3-6-13(17)16-8-7-12(15)9-16/h1-2,4-5,12H,3,6-9,15H2/t12-/m0/s1. The maximum absolute atomic E-state index is 11.9. The van der Waals surface area contributed by atoms with Crippen molar-refractivity contribution in [2.45, 2.75) is 25.3 Å². The van der Waals surface area contributed by atoms with Gasteiger partial charge in [-0.15, -0.1) is 0 Å². The largest absolute Gasteiger partial charge is 0.341 e. The number of amides is 1. The van der Waals surface area contributed by atoms with Crippen LogP contribution in [0.25, 0.3) is 0 Å². The lowest BCUT2D eigenvalue weighted by molar-refractivity contribution is -0.130. The van der Waals surface area contributed by atoms with E-state index in [0.29, 0.717) is 13.0 Å². The van der Waals surface area contributed by atoms with Crippen molar-refractivity contribution in [1.29, 1.82) is 0 Å². The van der Waals surface area contributed by atoms with Gasteiger partial charge in [0.15, 0.2) is 0 Å². The van der Waals surface area contributed by atoms with Crippen molar-refractivity contribution in [3.05, 3.63) is 34.9 Å². The molecule has 1 amide bonds. The van der Waals surface area contributed by atoms with E-state index in [2.05, 4.69) is 0 Å². The van der Waals surface area contributed by atoms with Crippen molar-refractivity contribution in [3.8, 4) is 0 Å². The highest BCUT2D eigenvalue weighted by molar-refractivity contribution is 6.30. The molecule has 92 valence electrons. The molecule has 1 aromatic rings. The van der Waals surface area contributed by atoms with E-state index in [4.69, 9.17) is 17.3 Å². The first-order valence-electron chi connectivity index (χ1n) is 5.93. The minimum absolute atomic E-state index is 0.162. The fraction of sp³-hybridized carbons (Fsp3) is 0.462. The van der Waals surface area contributed by atoms with Crippen molar-refractivity contribution in [2.75, 3.05) is 13.1 Å². The quantitative estimate of drug-likeness (QED) is 0.892. The summed E-state index contributed by atoms with van der Waals surface area (Å²) in [6, 6.07) is 7.80. The fourth-order valence-electron chi connectivity index (χ4n) is 2.07. The highest BCUT2D eigenvalue weighted by Gasteiger charge is 2.22. The molecule has 1 fully saturated rings. The number of nitrogens with zero attached hydrogens (tertiary/aromatic N) is 1. The molecule has 1 heterocycles. The number of rotatable bonds is 3. The Morgan fingerprint density at radius 2 is 2.12 bits per heavy atom. The molecule has 1 aliphatic heterocycles. The number of likely N-dealkylation sites (tertiary alicyclic amines) is 1. The molecule has 1 saturated heterocycles. The van der Waals surface area contributed by atoms with E-state index in [1.807, 2.05) is 29.2 Å². The van der Waals surface area contributed by atoms with Crippen LogP contribution in [0.1, 0.15) is 18.4 Å². The number of carbonyl (C=O) groups is 1. The summed E-state index contributed by atoms with van der Waals surface area (Å²) in [5.41, 5.74) is 6.92. The van der Waals surface area contributed by atoms with Gasteiger partial charge >= 0.3 is 0 Å². The topological polar surface area (TPSA) is 46.3 Å². The van der Waals surface area contributed by atoms with Crippen LogP contribution in [-0.2, 0) is 11.2 Å². The number of benzene rings is 1. The Bertz CT molecular complexity index is 391. The zero-order chi connectivity index (χ0) is 12.3. The second-order valence-corrected chi connectivity index (χ2v) is 4.95. The van der Waals surface area contributed by atoms with E-state index < -0.39 is 0 Å². The van der Waals surface area contributed by atoms with Gasteiger partial charge < -0.3 is 10.6 Å². The third-order valence-electron chi connectivity index (χ3n) is 3.12. The lowest BCUT2D eigenvalue weighted by Crippen LogP contribution is -2.31. The molecule has 2 N–H and O–H groups in total. The average molecular weight is 253 g/mol. The monoisotopic (exact) mass is 252 g/mol. The third-order valence-corrected chi connectivity index (χ3v) is 3.37. The molecule has 1 aromatic carbocycles. The molecule has 3 nitrogen and oxygen atoms in total. The van der Waals surface area contributed by atoms with E-state index >= 15 is 0 Å². The minimum Gasteiger partial charge on any atom is -0.341 e. The molecule has 17 heavy (non-hydrogen) atoms. The number of hydrogen-bond donors (Lipinski definition) is 1. The van der Waals surface area contributed by atoms with Gasteiger partial charge in [-0.2, -0.15) is 0 Å². The van der Waals surface area contributed by atoms with E-state index in [0.717, 1.165) is 30.0 Å². The summed E-state index contributed by atoms with van der Waals surface area (Å²) in [5.74, 6) is 0.202. The molecule has 0 aromatic heterocycles. The summed E-state index contributed by atoms with van der Waals surface area (Å²) in [6.45, 7) is 1.51. The number of aryl methyl sites for hydroxylation is 1. The third kappa shape index (κ3) is 3.45. The van der Waals surface area contributed by atoms with Crippen LogP contribution < -0.4 is 5.73 Å². The Morgan fingerprint density at radius 1 is 1.41 bits per heavy atom. The maximum atomic E-state index is 11.9. The van der Waals surface area contributed by atoms with Gasteiger partial charge in [-0.1, -0.05) is 23.7 Å². The molecule has 0 spiro atoms. The van der Waals surface area contributed by atoms with Gasteiger partial charge in [-0.3, -0.25) is 4.79 Å². The van der Waals surface area contributed by atoms with Crippen LogP contribution >= 0.6 is 11.6 Å². The van der Waals surface area contributed by atoms with Crippen LogP contribution in [0.5, 0.6) is 0 Å². The Hall–Kier alpha value is -1.06. The molecule has 2 rings (SSSR count). The van der Waals surface area contributed by atoms with Crippen LogP contribution in [-0.4, -0.2) is 29.9 Å². The van der Waals surface area contributed by atoms with Crippen molar-refractivity contribution >= 4 is 17.5 Å². The molecule has 0 bridgehead atoms. The van der Waals surface area contributed by atoms with Crippen molar-refractivity contribution in [3.63, 3.8) is 0 Å². The average Bonchev–Trinajstić information content (AvgIpc) is 2.75. The van der Waals surface area contributed by atoms with E-state index in [1.165, 1.54) is 0 Å². The van der Waals surface area contributed by atoms with Crippen molar-refractivity contribution < 1.29 is 4.79 Å². The summed E-state index contributed by atoms with van der Waals surface area (Å²) >= 11 is 5.80. The SMILES string of the molecule is N[C@H]1CCN(C(=O)CCc2ccc(Cl)cc2)C1. The minimum atomic E-state index is 0.162. The second-order valence-electron chi connectivity index (χ2n) is 4.51. The Kier molecular flexibility index (Phi) is 4.02. The molecule has 0 radical (unpaired) electrons. The number of carbonyl (C=O) groups excluding carboxylic acids is 1. The summed E-state index contributed by atoms with van der Waals surface area (Å²) in [7, 11) is 0. The normalized spacial score (nSPS) is 19.6. The lowest BCUT2D eigenvalue weighted by atomic mass is 10.1. The molecule has 0 aliphatic carbocycles. The fourth-order valence-corrected chi connectivity index (χ4v) is 2.20. The maximum Gasteiger partial charge on any atom is 0.222 e. The van der Waals surface area contributed by atoms with Crippen LogP contribution in [0, 0.1) is 0 Å². The number of nitrogens with two attached hydrogens (primary N) is 1. The molecular formula is C13H17ClN2O. The highest BCUT2D eigenvalue weighted by Crippen LogP contribution is 2.13. The number of hydrogen-bond acceptors (Lipinski definition) is 2. The first kappa shape index (κ1) is 12.4. The van der Waals surface area contributed by atoms with Crippen LogP contribution in [0.2, 0.25) is 5.02 Å². The van der Waals surface area contributed by atoms with Gasteiger partial charge in [0.05, 0.1) is 0 Å². The zero-order valence-corrected chi connectivity index (χ0v) is 10.5. The lowest BCUT2D eigenvalue weighted by Gasteiger charge is -2.15. The molecule has 1 aliphatic rings. The summed E-state index contributed by atoms with van der Waals surface area (Å²) in [4.78, 5) is 13.7. The van der Waals surface area contributed by atoms with Gasteiger partial charge in [0.25, 0.3) is 0 Å². The Labute approximate surface area is 107 Å². The van der Waals surface area contributed by atoms with Crippen LogP contribution in [0.15, 0.2) is 24.3 Å². The van der Waals surface area contributed by atoms with Crippen LogP contribution in [0.4, 0.5) is 0 Å². The van der Waals surface area contributed by atoms with Gasteiger partial charge in [-0.05, 0) is 30.5 Å².